The number of esters is 1. The van der Waals surface area contributed by atoms with Gasteiger partial charge in [0.25, 0.3) is 0 Å². The molecule has 19 heavy (non-hydrogen) atoms. The topological polar surface area (TPSA) is 79.1 Å². The fourth-order valence-corrected chi connectivity index (χ4v) is 1.44. The highest BCUT2D eigenvalue weighted by Gasteiger charge is 2.11. The second-order valence-electron chi connectivity index (χ2n) is 3.57. The standard InChI is InChI=1S/C11H11ClN4O3/c1-18-11(17)6-16-10(13-14-15-16)7-19-9-4-2-8(12)3-5-9/h2-5H,6-7H2,1H3. The van der Waals surface area contributed by atoms with Gasteiger partial charge in [-0.2, -0.15) is 0 Å². The molecule has 0 aliphatic rings. The second-order valence-corrected chi connectivity index (χ2v) is 4.01. The van der Waals surface area contributed by atoms with Gasteiger partial charge in [-0.05, 0) is 34.7 Å². The van der Waals surface area contributed by atoms with Crippen molar-refractivity contribution in [3.63, 3.8) is 0 Å². The van der Waals surface area contributed by atoms with E-state index >= 15 is 0 Å². The van der Waals surface area contributed by atoms with Crippen LogP contribution in [-0.4, -0.2) is 33.3 Å². The molecular weight excluding hydrogens is 272 g/mol. The number of hydrogen-bond acceptors (Lipinski definition) is 6. The van der Waals surface area contributed by atoms with Gasteiger partial charge in [0.1, 0.15) is 18.9 Å². The summed E-state index contributed by atoms with van der Waals surface area (Å²) in [5, 5.41) is 11.6. The number of ether oxygens (including phenoxy) is 2. The van der Waals surface area contributed by atoms with E-state index in [9.17, 15) is 4.79 Å². The van der Waals surface area contributed by atoms with Crippen LogP contribution in [0, 0.1) is 0 Å². The van der Waals surface area contributed by atoms with Gasteiger partial charge in [-0.15, -0.1) is 5.10 Å². The lowest BCUT2D eigenvalue weighted by Gasteiger charge is -2.06. The fraction of sp³-hybridized carbons (Fsp3) is 0.273. The van der Waals surface area contributed by atoms with E-state index in [0.29, 0.717) is 16.6 Å². The van der Waals surface area contributed by atoms with Crippen LogP contribution in [0.15, 0.2) is 24.3 Å². The summed E-state index contributed by atoms with van der Waals surface area (Å²) in [6.45, 7) is 0.0917. The molecule has 2 rings (SSSR count). The normalized spacial score (nSPS) is 10.2. The van der Waals surface area contributed by atoms with Crippen LogP contribution in [0.1, 0.15) is 5.82 Å². The Morgan fingerprint density at radius 2 is 2.11 bits per heavy atom. The molecule has 0 unspecified atom stereocenters. The third-order valence-corrected chi connectivity index (χ3v) is 2.55. The van der Waals surface area contributed by atoms with E-state index in [-0.39, 0.29) is 13.2 Å². The lowest BCUT2D eigenvalue weighted by molar-refractivity contribution is -0.141. The SMILES string of the molecule is COC(=O)Cn1nnnc1COc1ccc(Cl)cc1. The molecular formula is C11H11ClN4O3. The van der Waals surface area contributed by atoms with Crippen molar-refractivity contribution in [2.75, 3.05) is 7.11 Å². The summed E-state index contributed by atoms with van der Waals surface area (Å²) in [6, 6.07) is 6.90. The number of aromatic nitrogens is 4. The predicted octanol–water partition coefficient (Wildman–Crippen LogP) is 1.08. The maximum Gasteiger partial charge on any atom is 0.327 e. The molecule has 8 heteroatoms. The molecule has 0 aliphatic carbocycles. The van der Waals surface area contributed by atoms with Gasteiger partial charge in [0, 0.05) is 5.02 Å². The molecule has 0 radical (unpaired) electrons. The van der Waals surface area contributed by atoms with Crippen molar-refractivity contribution in [2.24, 2.45) is 0 Å². The quantitative estimate of drug-likeness (QED) is 0.764. The van der Waals surface area contributed by atoms with E-state index in [0.717, 1.165) is 0 Å². The van der Waals surface area contributed by atoms with E-state index in [2.05, 4.69) is 20.3 Å². The smallest absolute Gasteiger partial charge is 0.327 e. The molecule has 0 aliphatic heterocycles. The maximum atomic E-state index is 11.1. The Morgan fingerprint density at radius 3 is 2.79 bits per heavy atom. The fourth-order valence-electron chi connectivity index (χ4n) is 1.31. The molecule has 0 saturated heterocycles. The highest BCUT2D eigenvalue weighted by Crippen LogP contribution is 2.16. The zero-order valence-electron chi connectivity index (χ0n) is 10.1. The number of rotatable bonds is 5. The van der Waals surface area contributed by atoms with Gasteiger partial charge in [-0.1, -0.05) is 11.6 Å². The molecule has 0 atom stereocenters. The molecule has 0 amide bonds. The molecule has 2 aromatic rings. The molecule has 0 fully saturated rings. The van der Waals surface area contributed by atoms with Crippen molar-refractivity contribution in [3.8, 4) is 5.75 Å². The summed E-state index contributed by atoms with van der Waals surface area (Å²) in [5.74, 6) is 0.636. The van der Waals surface area contributed by atoms with Crippen molar-refractivity contribution in [2.45, 2.75) is 13.2 Å². The molecule has 0 saturated carbocycles. The summed E-state index contributed by atoms with van der Waals surface area (Å²) in [5.41, 5.74) is 0. The number of carbonyl (C=O) groups excluding carboxylic acids is 1. The third-order valence-electron chi connectivity index (χ3n) is 2.29. The first-order chi connectivity index (χ1) is 9.19. The second kappa shape index (κ2) is 6.14. The Labute approximate surface area is 114 Å². The number of benzene rings is 1. The molecule has 100 valence electrons. The highest BCUT2D eigenvalue weighted by atomic mass is 35.5. The number of methoxy groups -OCH3 is 1. The van der Waals surface area contributed by atoms with Crippen LogP contribution in [0.5, 0.6) is 5.75 Å². The Balaban J connectivity index is 1.98. The molecule has 1 aromatic heterocycles. The predicted molar refractivity (Wildman–Crippen MR) is 65.6 cm³/mol. The van der Waals surface area contributed by atoms with Gasteiger partial charge in [-0.25, -0.2) is 4.68 Å². The van der Waals surface area contributed by atoms with Gasteiger partial charge in [0.15, 0.2) is 5.82 Å². The van der Waals surface area contributed by atoms with Gasteiger partial charge >= 0.3 is 5.97 Å². The first-order valence-corrected chi connectivity index (χ1v) is 5.77. The average molecular weight is 283 g/mol. The molecule has 1 heterocycles. The third kappa shape index (κ3) is 3.65. The molecule has 0 N–H and O–H groups in total. The van der Waals surface area contributed by atoms with Crippen LogP contribution in [0.4, 0.5) is 0 Å². The minimum absolute atomic E-state index is 0.0528. The molecule has 0 spiro atoms. The minimum atomic E-state index is -0.431. The van der Waals surface area contributed by atoms with E-state index in [1.807, 2.05) is 0 Å². The first kappa shape index (κ1) is 13.3. The van der Waals surface area contributed by atoms with E-state index < -0.39 is 5.97 Å². The van der Waals surface area contributed by atoms with Crippen molar-refractivity contribution in [1.29, 1.82) is 0 Å². The average Bonchev–Trinajstić information content (AvgIpc) is 2.85. The largest absolute Gasteiger partial charge is 0.486 e. The molecule has 7 nitrogen and oxygen atoms in total. The minimum Gasteiger partial charge on any atom is -0.486 e. The Morgan fingerprint density at radius 1 is 1.37 bits per heavy atom. The highest BCUT2D eigenvalue weighted by molar-refractivity contribution is 6.30. The Kier molecular flexibility index (Phi) is 4.30. The summed E-state index contributed by atoms with van der Waals surface area (Å²) in [6.07, 6.45) is 0. The summed E-state index contributed by atoms with van der Waals surface area (Å²) in [7, 11) is 1.30. The Bertz CT molecular complexity index is 555. The summed E-state index contributed by atoms with van der Waals surface area (Å²) >= 11 is 5.77. The number of carbonyl (C=O) groups is 1. The van der Waals surface area contributed by atoms with Gasteiger partial charge in [0.05, 0.1) is 7.11 Å². The van der Waals surface area contributed by atoms with Crippen LogP contribution in [-0.2, 0) is 22.7 Å². The van der Waals surface area contributed by atoms with E-state index in [4.69, 9.17) is 16.3 Å². The van der Waals surface area contributed by atoms with Crippen LogP contribution in [0.25, 0.3) is 0 Å². The first-order valence-electron chi connectivity index (χ1n) is 5.39. The summed E-state index contributed by atoms with van der Waals surface area (Å²) < 4.78 is 11.4. The monoisotopic (exact) mass is 282 g/mol. The lowest BCUT2D eigenvalue weighted by atomic mass is 10.3. The van der Waals surface area contributed by atoms with Gasteiger partial charge in [-0.3, -0.25) is 4.79 Å². The van der Waals surface area contributed by atoms with Crippen molar-refractivity contribution >= 4 is 17.6 Å². The van der Waals surface area contributed by atoms with Crippen molar-refractivity contribution < 1.29 is 14.3 Å². The molecule has 0 bridgehead atoms. The van der Waals surface area contributed by atoms with Crippen LogP contribution in [0.3, 0.4) is 0 Å². The number of nitrogens with zero attached hydrogens (tertiary/aromatic N) is 4. The van der Waals surface area contributed by atoms with E-state index in [1.165, 1.54) is 11.8 Å². The summed E-state index contributed by atoms with van der Waals surface area (Å²) in [4.78, 5) is 11.1. The van der Waals surface area contributed by atoms with Gasteiger partial charge in [0.2, 0.25) is 0 Å². The van der Waals surface area contributed by atoms with Crippen LogP contribution in [0.2, 0.25) is 5.02 Å². The Hall–Kier alpha value is -2.15. The van der Waals surface area contributed by atoms with Crippen molar-refractivity contribution in [3.05, 3.63) is 35.1 Å². The zero-order valence-corrected chi connectivity index (χ0v) is 10.9. The number of hydrogen-bond donors (Lipinski definition) is 0. The van der Waals surface area contributed by atoms with Crippen LogP contribution < -0.4 is 4.74 Å². The van der Waals surface area contributed by atoms with Gasteiger partial charge < -0.3 is 9.47 Å². The van der Waals surface area contributed by atoms with E-state index in [1.54, 1.807) is 24.3 Å². The van der Waals surface area contributed by atoms with Crippen molar-refractivity contribution in [1.82, 2.24) is 20.2 Å². The number of halogens is 1. The zero-order chi connectivity index (χ0) is 13.7. The lowest BCUT2D eigenvalue weighted by Crippen LogP contribution is -2.16. The molecule has 1 aromatic carbocycles. The van der Waals surface area contributed by atoms with Crippen LogP contribution >= 0.6 is 11.6 Å². The number of tetrazole rings is 1. The maximum absolute atomic E-state index is 11.1.